The highest BCUT2D eigenvalue weighted by molar-refractivity contribution is 5.81. The van der Waals surface area contributed by atoms with E-state index in [4.69, 9.17) is 0 Å². The predicted octanol–water partition coefficient (Wildman–Crippen LogP) is 3.79. The molecule has 0 spiro atoms. The van der Waals surface area contributed by atoms with Crippen molar-refractivity contribution in [3.63, 3.8) is 0 Å². The molecule has 0 aliphatic heterocycles. The van der Waals surface area contributed by atoms with Crippen molar-refractivity contribution in [2.45, 2.75) is 0 Å². The van der Waals surface area contributed by atoms with Gasteiger partial charge >= 0.3 is 0 Å². The lowest BCUT2D eigenvalue weighted by molar-refractivity contribution is 0.477. The Morgan fingerprint density at radius 1 is 0.818 bits per heavy atom. The molecule has 0 radical (unpaired) electrons. The Balaban J connectivity index is 2.09. The molecule has 2 aromatic heterocycles. The van der Waals surface area contributed by atoms with E-state index in [0.717, 1.165) is 11.2 Å². The number of hydrogen-bond donors (Lipinski definition) is 1. The highest BCUT2D eigenvalue weighted by Gasteiger charge is 2.16. The number of phenols is 1. The number of phenolic OH excluding ortho intramolecular Hbond substituents is 1. The molecule has 0 aliphatic rings. The molecule has 4 heteroatoms. The Kier molecular flexibility index (Phi) is 2.86. The Bertz CT molecular complexity index is 945. The van der Waals surface area contributed by atoms with Crippen LogP contribution in [0, 0.1) is 0 Å². The van der Waals surface area contributed by atoms with Crippen molar-refractivity contribution >= 4 is 11.2 Å². The number of hydrogen-bond acceptors (Lipinski definition) is 3. The quantitative estimate of drug-likeness (QED) is 0.610. The third kappa shape index (κ3) is 1.93. The molecule has 0 amide bonds. The summed E-state index contributed by atoms with van der Waals surface area (Å²) in [7, 11) is 0. The molecule has 0 bridgehead atoms. The molecule has 4 aromatic rings. The minimum Gasteiger partial charge on any atom is -0.507 e. The number of fused-ring (bicyclic) bond motifs is 1. The fourth-order valence-electron chi connectivity index (χ4n) is 2.60. The first-order valence-corrected chi connectivity index (χ1v) is 7.02. The van der Waals surface area contributed by atoms with Crippen molar-refractivity contribution in [1.82, 2.24) is 14.5 Å². The summed E-state index contributed by atoms with van der Waals surface area (Å²) >= 11 is 0. The van der Waals surface area contributed by atoms with E-state index in [2.05, 4.69) is 9.97 Å². The fourth-order valence-corrected chi connectivity index (χ4v) is 2.60. The maximum Gasteiger partial charge on any atom is 0.178 e. The molecular weight excluding hydrogens is 274 g/mol. The van der Waals surface area contributed by atoms with E-state index >= 15 is 0 Å². The van der Waals surface area contributed by atoms with Gasteiger partial charge in [0, 0.05) is 11.9 Å². The van der Waals surface area contributed by atoms with Gasteiger partial charge in [-0.15, -0.1) is 0 Å². The molecular formula is C18H13N3O. The molecule has 0 saturated heterocycles. The van der Waals surface area contributed by atoms with Gasteiger partial charge in [-0.3, -0.25) is 4.57 Å². The smallest absolute Gasteiger partial charge is 0.178 e. The summed E-state index contributed by atoms with van der Waals surface area (Å²) in [5, 5.41) is 10.2. The lowest BCUT2D eigenvalue weighted by Crippen LogP contribution is -1.97. The van der Waals surface area contributed by atoms with Crippen LogP contribution in [0.25, 0.3) is 28.2 Å². The number of nitrogens with zero attached hydrogens (tertiary/aromatic N) is 3. The Labute approximate surface area is 127 Å². The highest BCUT2D eigenvalue weighted by atomic mass is 16.3. The van der Waals surface area contributed by atoms with Crippen LogP contribution in [-0.4, -0.2) is 19.6 Å². The number of benzene rings is 2. The van der Waals surface area contributed by atoms with E-state index in [0.29, 0.717) is 17.0 Å². The SMILES string of the molecule is Oc1ccccc1-c1nc2ncccc2n1-c1ccccc1. The van der Waals surface area contributed by atoms with Gasteiger partial charge in [0.1, 0.15) is 5.75 Å². The lowest BCUT2D eigenvalue weighted by atomic mass is 10.2. The van der Waals surface area contributed by atoms with E-state index in [9.17, 15) is 5.11 Å². The summed E-state index contributed by atoms with van der Waals surface area (Å²) < 4.78 is 2.01. The van der Waals surface area contributed by atoms with Crippen LogP contribution in [0.5, 0.6) is 5.75 Å². The minimum absolute atomic E-state index is 0.204. The molecule has 1 N–H and O–H groups in total. The van der Waals surface area contributed by atoms with Gasteiger partial charge in [0.15, 0.2) is 11.5 Å². The van der Waals surface area contributed by atoms with Crippen molar-refractivity contribution in [1.29, 1.82) is 0 Å². The first kappa shape index (κ1) is 12.6. The van der Waals surface area contributed by atoms with Gasteiger partial charge in [0.2, 0.25) is 0 Å². The summed E-state index contributed by atoms with van der Waals surface area (Å²) in [4.78, 5) is 8.94. The van der Waals surface area contributed by atoms with Gasteiger partial charge in [0.25, 0.3) is 0 Å². The number of aromatic nitrogens is 3. The second-order valence-electron chi connectivity index (χ2n) is 4.97. The van der Waals surface area contributed by atoms with E-state index in [1.807, 2.05) is 59.2 Å². The zero-order valence-corrected chi connectivity index (χ0v) is 11.7. The molecule has 22 heavy (non-hydrogen) atoms. The van der Waals surface area contributed by atoms with Crippen LogP contribution in [0.1, 0.15) is 0 Å². The molecule has 0 aliphatic carbocycles. The highest BCUT2D eigenvalue weighted by Crippen LogP contribution is 2.32. The summed E-state index contributed by atoms with van der Waals surface area (Å²) in [6, 6.07) is 21.0. The molecule has 2 heterocycles. The summed E-state index contributed by atoms with van der Waals surface area (Å²) in [5.41, 5.74) is 3.23. The Hall–Kier alpha value is -3.14. The topological polar surface area (TPSA) is 50.9 Å². The molecule has 106 valence electrons. The van der Waals surface area contributed by atoms with Crippen LogP contribution in [0.4, 0.5) is 0 Å². The number of imidazole rings is 1. The normalized spacial score (nSPS) is 10.9. The van der Waals surface area contributed by atoms with Crippen LogP contribution >= 0.6 is 0 Å². The van der Waals surface area contributed by atoms with Gasteiger partial charge in [-0.25, -0.2) is 9.97 Å². The molecule has 0 atom stereocenters. The minimum atomic E-state index is 0.204. The van der Waals surface area contributed by atoms with Crippen molar-refractivity contribution in [3.05, 3.63) is 72.9 Å². The second kappa shape index (κ2) is 5.00. The Morgan fingerprint density at radius 2 is 1.59 bits per heavy atom. The predicted molar refractivity (Wildman–Crippen MR) is 86.0 cm³/mol. The standard InChI is InChI=1S/C18H13N3O/c22-16-11-5-4-9-14(16)18-20-17-15(10-6-12-19-17)21(18)13-7-2-1-3-8-13/h1-12,22H. The molecule has 0 unspecified atom stereocenters. The zero-order chi connectivity index (χ0) is 14.9. The van der Waals surface area contributed by atoms with E-state index < -0.39 is 0 Å². The average molecular weight is 287 g/mol. The van der Waals surface area contributed by atoms with Gasteiger partial charge in [0.05, 0.1) is 11.1 Å². The average Bonchev–Trinajstić information content (AvgIpc) is 2.95. The van der Waals surface area contributed by atoms with Crippen LogP contribution in [0.15, 0.2) is 72.9 Å². The zero-order valence-electron chi connectivity index (χ0n) is 11.7. The fraction of sp³-hybridized carbons (Fsp3) is 0. The second-order valence-corrected chi connectivity index (χ2v) is 4.97. The third-order valence-corrected chi connectivity index (χ3v) is 3.59. The summed E-state index contributed by atoms with van der Waals surface area (Å²) in [6.07, 6.45) is 1.72. The summed E-state index contributed by atoms with van der Waals surface area (Å²) in [5.74, 6) is 0.882. The van der Waals surface area contributed by atoms with Gasteiger partial charge in [-0.1, -0.05) is 30.3 Å². The molecule has 4 nitrogen and oxygen atoms in total. The first-order valence-electron chi connectivity index (χ1n) is 7.02. The van der Waals surface area contributed by atoms with E-state index in [1.165, 1.54) is 0 Å². The van der Waals surface area contributed by atoms with Crippen molar-refractivity contribution < 1.29 is 5.11 Å². The van der Waals surface area contributed by atoms with E-state index in [-0.39, 0.29) is 5.75 Å². The third-order valence-electron chi connectivity index (χ3n) is 3.59. The van der Waals surface area contributed by atoms with Crippen molar-refractivity contribution in [2.75, 3.05) is 0 Å². The molecule has 0 fully saturated rings. The van der Waals surface area contributed by atoms with Gasteiger partial charge in [-0.2, -0.15) is 0 Å². The maximum atomic E-state index is 10.2. The lowest BCUT2D eigenvalue weighted by Gasteiger charge is -2.10. The van der Waals surface area contributed by atoms with Gasteiger partial charge < -0.3 is 5.11 Å². The van der Waals surface area contributed by atoms with Crippen molar-refractivity contribution in [3.8, 4) is 22.8 Å². The van der Waals surface area contributed by atoms with Gasteiger partial charge in [-0.05, 0) is 36.4 Å². The van der Waals surface area contributed by atoms with Crippen molar-refractivity contribution in [2.24, 2.45) is 0 Å². The van der Waals surface area contributed by atoms with Crippen LogP contribution in [-0.2, 0) is 0 Å². The number of rotatable bonds is 2. The molecule has 4 rings (SSSR count). The first-order chi connectivity index (χ1) is 10.8. The van der Waals surface area contributed by atoms with Crippen LogP contribution in [0.2, 0.25) is 0 Å². The molecule has 2 aromatic carbocycles. The van der Waals surface area contributed by atoms with Crippen LogP contribution < -0.4 is 0 Å². The molecule has 0 saturated carbocycles. The van der Waals surface area contributed by atoms with Crippen LogP contribution in [0.3, 0.4) is 0 Å². The monoisotopic (exact) mass is 287 g/mol. The number of aromatic hydroxyl groups is 1. The maximum absolute atomic E-state index is 10.2. The number of pyridine rings is 1. The largest absolute Gasteiger partial charge is 0.507 e. The Morgan fingerprint density at radius 3 is 2.41 bits per heavy atom. The number of para-hydroxylation sites is 2. The van der Waals surface area contributed by atoms with E-state index in [1.54, 1.807) is 18.3 Å². The summed E-state index contributed by atoms with van der Waals surface area (Å²) in [6.45, 7) is 0.